The maximum atomic E-state index is 12.7. The van der Waals surface area contributed by atoms with Gasteiger partial charge >= 0.3 is 11.9 Å². The Kier molecular flexibility index (Phi) is 4.63. The molecule has 1 amide bonds. The molecule has 0 atom stereocenters. The van der Waals surface area contributed by atoms with E-state index in [4.69, 9.17) is 0 Å². The van der Waals surface area contributed by atoms with Crippen molar-refractivity contribution in [3.63, 3.8) is 0 Å². The largest absolute Gasteiger partial charge is 0.478 e. The van der Waals surface area contributed by atoms with Gasteiger partial charge in [-0.15, -0.1) is 0 Å². The summed E-state index contributed by atoms with van der Waals surface area (Å²) in [6.45, 7) is 1.74. The molecule has 3 aromatic carbocycles. The number of fused-ring (bicyclic) bond motifs is 2. The van der Waals surface area contributed by atoms with Crippen LogP contribution in [0.3, 0.4) is 0 Å². The van der Waals surface area contributed by atoms with E-state index in [-0.39, 0.29) is 16.7 Å². The Balaban J connectivity index is 1.84. The van der Waals surface area contributed by atoms with Crippen LogP contribution in [0, 0.1) is 6.92 Å². The fraction of sp³-hybridized carbons (Fsp3) is 0.0435. The zero-order chi connectivity index (χ0) is 21.4. The highest BCUT2D eigenvalue weighted by Gasteiger charge is 2.19. The molecule has 3 N–H and O–H groups in total. The number of hydrogen-bond acceptors (Lipinski definition) is 4. The van der Waals surface area contributed by atoms with E-state index in [1.807, 2.05) is 0 Å². The van der Waals surface area contributed by atoms with Gasteiger partial charge in [0, 0.05) is 16.5 Å². The number of aromatic carboxylic acids is 2. The second-order valence-electron chi connectivity index (χ2n) is 6.80. The lowest BCUT2D eigenvalue weighted by molar-refractivity contribution is 0.0686. The second-order valence-corrected chi connectivity index (χ2v) is 6.80. The molecule has 0 aliphatic heterocycles. The lowest BCUT2D eigenvalue weighted by Gasteiger charge is -2.13. The number of aryl methyl sites for hydroxylation is 1. The molecule has 4 aromatic rings. The van der Waals surface area contributed by atoms with Crippen LogP contribution < -0.4 is 5.32 Å². The molecular weight excluding hydrogens is 384 g/mol. The zero-order valence-corrected chi connectivity index (χ0v) is 15.8. The van der Waals surface area contributed by atoms with Gasteiger partial charge < -0.3 is 15.5 Å². The van der Waals surface area contributed by atoms with Crippen molar-refractivity contribution in [3.05, 3.63) is 82.9 Å². The van der Waals surface area contributed by atoms with Crippen molar-refractivity contribution >= 4 is 45.3 Å². The first kappa shape index (κ1) is 19.1. The number of carbonyl (C=O) groups is 3. The highest BCUT2D eigenvalue weighted by molar-refractivity contribution is 6.16. The Bertz CT molecular complexity index is 1360. The Morgan fingerprint density at radius 1 is 0.833 bits per heavy atom. The lowest BCUT2D eigenvalue weighted by atomic mass is 9.98. The Hall–Kier alpha value is -4.26. The molecule has 0 spiro atoms. The summed E-state index contributed by atoms with van der Waals surface area (Å²) >= 11 is 0. The number of para-hydroxylation sites is 1. The van der Waals surface area contributed by atoms with Gasteiger partial charge in [0.15, 0.2) is 0 Å². The van der Waals surface area contributed by atoms with Gasteiger partial charge in [-0.3, -0.25) is 4.79 Å². The van der Waals surface area contributed by atoms with Gasteiger partial charge in [-0.1, -0.05) is 30.3 Å². The van der Waals surface area contributed by atoms with Crippen molar-refractivity contribution in [2.45, 2.75) is 6.92 Å². The normalized spacial score (nSPS) is 10.8. The minimum absolute atomic E-state index is 0.0282. The molecule has 1 heterocycles. The minimum atomic E-state index is -1.20. The van der Waals surface area contributed by atoms with Crippen molar-refractivity contribution in [1.82, 2.24) is 4.98 Å². The van der Waals surface area contributed by atoms with Gasteiger partial charge in [0.25, 0.3) is 5.91 Å². The average Bonchev–Trinajstić information content (AvgIpc) is 2.71. The highest BCUT2D eigenvalue weighted by Crippen LogP contribution is 2.31. The summed E-state index contributed by atoms with van der Waals surface area (Å²) < 4.78 is 0. The third-order valence-electron chi connectivity index (χ3n) is 4.85. The van der Waals surface area contributed by atoms with E-state index in [1.165, 1.54) is 12.1 Å². The standard InChI is InChI=1S/C23H16N2O5/c1-12-10-13(24-21(26)14-6-2-3-7-15(14)22(27)28)11-18-19(12)20(23(29)30)16-8-4-5-9-17(16)25-18/h2-11H,1H3,(H,24,26)(H,27,28)(H,29,30). The Morgan fingerprint density at radius 2 is 1.50 bits per heavy atom. The van der Waals surface area contributed by atoms with Crippen LogP contribution in [0.4, 0.5) is 5.69 Å². The van der Waals surface area contributed by atoms with E-state index in [2.05, 4.69) is 10.3 Å². The second kappa shape index (κ2) is 7.29. The molecule has 1 aromatic heterocycles. The van der Waals surface area contributed by atoms with Crippen LogP contribution in [0.25, 0.3) is 21.8 Å². The minimum Gasteiger partial charge on any atom is -0.478 e. The topological polar surface area (TPSA) is 117 Å². The SMILES string of the molecule is Cc1cc(NC(=O)c2ccccc2C(=O)O)cc2nc3ccccc3c(C(=O)O)c12. The number of pyridine rings is 1. The predicted octanol–water partition coefficient (Wildman–Crippen LogP) is 4.35. The zero-order valence-electron chi connectivity index (χ0n) is 15.8. The van der Waals surface area contributed by atoms with Gasteiger partial charge in [0.05, 0.1) is 27.7 Å². The van der Waals surface area contributed by atoms with Gasteiger partial charge in [-0.25, -0.2) is 14.6 Å². The fourth-order valence-corrected chi connectivity index (χ4v) is 3.59. The van der Waals surface area contributed by atoms with Crippen LogP contribution in [-0.4, -0.2) is 33.0 Å². The first-order chi connectivity index (χ1) is 14.4. The molecule has 0 radical (unpaired) electrons. The van der Waals surface area contributed by atoms with Gasteiger partial charge in [-0.2, -0.15) is 0 Å². The average molecular weight is 400 g/mol. The third kappa shape index (κ3) is 3.22. The third-order valence-corrected chi connectivity index (χ3v) is 4.85. The summed E-state index contributed by atoms with van der Waals surface area (Å²) in [7, 11) is 0. The van der Waals surface area contributed by atoms with Crippen LogP contribution in [0.15, 0.2) is 60.7 Å². The van der Waals surface area contributed by atoms with E-state index < -0.39 is 17.8 Å². The summed E-state index contributed by atoms with van der Waals surface area (Å²) in [6, 6.07) is 16.1. The van der Waals surface area contributed by atoms with Gasteiger partial charge in [0.2, 0.25) is 0 Å². The van der Waals surface area contributed by atoms with Crippen molar-refractivity contribution in [3.8, 4) is 0 Å². The summed E-state index contributed by atoms with van der Waals surface area (Å²) in [5.74, 6) is -2.84. The quantitative estimate of drug-likeness (QED) is 0.439. The van der Waals surface area contributed by atoms with E-state index in [1.54, 1.807) is 55.5 Å². The number of nitrogens with one attached hydrogen (secondary N) is 1. The molecule has 0 unspecified atom stereocenters. The van der Waals surface area contributed by atoms with E-state index in [9.17, 15) is 24.6 Å². The maximum absolute atomic E-state index is 12.7. The Morgan fingerprint density at radius 3 is 2.20 bits per heavy atom. The molecule has 7 heteroatoms. The molecular formula is C23H16N2O5. The fourth-order valence-electron chi connectivity index (χ4n) is 3.59. The summed E-state index contributed by atoms with van der Waals surface area (Å²) in [5.41, 5.74) is 2.05. The number of carbonyl (C=O) groups excluding carboxylic acids is 1. The predicted molar refractivity (Wildman–Crippen MR) is 112 cm³/mol. The molecule has 0 saturated heterocycles. The van der Waals surface area contributed by atoms with Gasteiger partial charge in [-0.05, 0) is 42.8 Å². The van der Waals surface area contributed by atoms with Crippen LogP contribution in [0.1, 0.15) is 36.6 Å². The van der Waals surface area contributed by atoms with E-state index in [0.717, 1.165) is 0 Å². The molecule has 0 saturated carbocycles. The van der Waals surface area contributed by atoms with Crippen LogP contribution in [0.5, 0.6) is 0 Å². The highest BCUT2D eigenvalue weighted by atomic mass is 16.4. The molecule has 4 rings (SSSR count). The Labute approximate surface area is 170 Å². The van der Waals surface area contributed by atoms with Crippen LogP contribution >= 0.6 is 0 Å². The van der Waals surface area contributed by atoms with E-state index >= 15 is 0 Å². The monoisotopic (exact) mass is 400 g/mol. The summed E-state index contributed by atoms with van der Waals surface area (Å²) in [5, 5.41) is 22.8. The first-order valence-corrected chi connectivity index (χ1v) is 9.07. The number of anilines is 1. The van der Waals surface area contributed by atoms with Crippen LogP contribution in [0.2, 0.25) is 0 Å². The maximum Gasteiger partial charge on any atom is 0.337 e. The van der Waals surface area contributed by atoms with Crippen molar-refractivity contribution < 1.29 is 24.6 Å². The van der Waals surface area contributed by atoms with Crippen LogP contribution in [-0.2, 0) is 0 Å². The molecule has 0 bridgehead atoms. The number of rotatable bonds is 4. The van der Waals surface area contributed by atoms with Crippen molar-refractivity contribution in [2.24, 2.45) is 0 Å². The number of carboxylic acid groups (broad SMARTS) is 2. The van der Waals surface area contributed by atoms with Crippen molar-refractivity contribution in [2.75, 3.05) is 5.32 Å². The van der Waals surface area contributed by atoms with E-state index in [0.29, 0.717) is 33.1 Å². The number of nitrogens with zero attached hydrogens (tertiary/aromatic N) is 1. The molecule has 148 valence electrons. The molecule has 0 fully saturated rings. The number of amides is 1. The molecule has 0 aliphatic rings. The number of benzene rings is 3. The van der Waals surface area contributed by atoms with Crippen molar-refractivity contribution in [1.29, 1.82) is 0 Å². The summed E-state index contributed by atoms with van der Waals surface area (Å²) in [4.78, 5) is 40.6. The van der Waals surface area contributed by atoms with Gasteiger partial charge in [0.1, 0.15) is 0 Å². The first-order valence-electron chi connectivity index (χ1n) is 9.07. The smallest absolute Gasteiger partial charge is 0.337 e. The number of aromatic nitrogens is 1. The number of hydrogen-bond donors (Lipinski definition) is 3. The molecule has 30 heavy (non-hydrogen) atoms. The summed E-state index contributed by atoms with van der Waals surface area (Å²) in [6.07, 6.45) is 0. The lowest BCUT2D eigenvalue weighted by Crippen LogP contribution is -2.16. The number of carboxylic acids is 2. The molecule has 7 nitrogen and oxygen atoms in total. The molecule has 0 aliphatic carbocycles.